The van der Waals surface area contributed by atoms with Crippen LogP contribution >= 0.6 is 0 Å². The van der Waals surface area contributed by atoms with Gasteiger partial charge in [-0.2, -0.15) is 0 Å². The molecule has 1 aliphatic rings. The number of nitrogens with zero attached hydrogens (tertiary/aromatic N) is 1. The first-order chi connectivity index (χ1) is 7.69. The van der Waals surface area contributed by atoms with Crippen LogP contribution in [0.15, 0.2) is 0 Å². The number of aliphatic hydroxyl groups is 1. The molecule has 0 amide bonds. The molecule has 3 heteroatoms. The summed E-state index contributed by atoms with van der Waals surface area (Å²) >= 11 is 0. The molecule has 3 atom stereocenters. The van der Waals surface area contributed by atoms with E-state index in [0.717, 1.165) is 19.6 Å². The average Bonchev–Trinajstić information content (AvgIpc) is 2.08. The van der Waals surface area contributed by atoms with Crippen molar-refractivity contribution >= 4 is 0 Å². The van der Waals surface area contributed by atoms with E-state index >= 15 is 0 Å². The molecule has 0 aromatic rings. The lowest BCUT2D eigenvalue weighted by Crippen LogP contribution is -2.51. The number of hydrogen-bond acceptors (Lipinski definition) is 3. The van der Waals surface area contributed by atoms with Crippen LogP contribution in [0.5, 0.6) is 0 Å². The summed E-state index contributed by atoms with van der Waals surface area (Å²) in [7, 11) is 0. The molecule has 1 aliphatic heterocycles. The monoisotopic (exact) mass is 243 g/mol. The minimum absolute atomic E-state index is 0.0698. The first-order valence-electron chi connectivity index (χ1n) is 6.77. The highest BCUT2D eigenvalue weighted by Gasteiger charge is 2.35. The van der Waals surface area contributed by atoms with Crippen LogP contribution in [-0.4, -0.2) is 47.4 Å². The highest BCUT2D eigenvalue weighted by molar-refractivity contribution is 4.85. The number of likely N-dealkylation sites (tertiary alicyclic amines) is 1. The molecule has 1 fully saturated rings. The van der Waals surface area contributed by atoms with Crippen molar-refractivity contribution in [1.29, 1.82) is 0 Å². The molecule has 0 spiro atoms. The maximum absolute atomic E-state index is 9.46. The maximum Gasteiger partial charge on any atom is 0.0657 e. The molecule has 3 nitrogen and oxygen atoms in total. The summed E-state index contributed by atoms with van der Waals surface area (Å²) < 4.78 is 6.17. The van der Waals surface area contributed by atoms with E-state index in [9.17, 15) is 5.11 Å². The molecule has 0 aromatic carbocycles. The van der Waals surface area contributed by atoms with Crippen LogP contribution in [0.4, 0.5) is 0 Å². The normalized spacial score (nSPS) is 30.5. The van der Waals surface area contributed by atoms with Crippen LogP contribution < -0.4 is 0 Å². The molecule has 0 saturated carbocycles. The standard InChI is InChI=1S/C14H29NO2/c1-10-7-15(9-12(3)16)8-11(2)13(10)17-14(4,5)6/h10-13,16H,7-9H2,1-6H3/t10-,11-,12-/m1/s1. The molecule has 1 N–H and O–H groups in total. The summed E-state index contributed by atoms with van der Waals surface area (Å²) in [6, 6.07) is 0. The molecule has 17 heavy (non-hydrogen) atoms. The zero-order chi connectivity index (χ0) is 13.2. The van der Waals surface area contributed by atoms with Crippen molar-refractivity contribution < 1.29 is 9.84 Å². The number of ether oxygens (including phenoxy) is 1. The smallest absolute Gasteiger partial charge is 0.0657 e. The molecule has 102 valence electrons. The van der Waals surface area contributed by atoms with Crippen LogP contribution in [0, 0.1) is 11.8 Å². The van der Waals surface area contributed by atoms with E-state index in [1.807, 2.05) is 6.92 Å². The van der Waals surface area contributed by atoms with Gasteiger partial charge in [0.1, 0.15) is 0 Å². The largest absolute Gasteiger partial charge is 0.392 e. The molecule has 0 aliphatic carbocycles. The van der Waals surface area contributed by atoms with Gasteiger partial charge in [-0.1, -0.05) is 13.8 Å². The number of aliphatic hydroxyl groups excluding tert-OH is 1. The van der Waals surface area contributed by atoms with Crippen LogP contribution in [0.1, 0.15) is 41.5 Å². The molecule has 1 saturated heterocycles. The Bertz CT molecular complexity index is 223. The van der Waals surface area contributed by atoms with Crippen LogP contribution in [0.25, 0.3) is 0 Å². The predicted molar refractivity (Wildman–Crippen MR) is 71.1 cm³/mol. The number of rotatable bonds is 3. The third kappa shape index (κ3) is 4.94. The lowest BCUT2D eigenvalue weighted by atomic mass is 9.87. The second-order valence-electron chi connectivity index (χ2n) is 6.72. The van der Waals surface area contributed by atoms with E-state index in [1.54, 1.807) is 0 Å². The van der Waals surface area contributed by atoms with Crippen LogP contribution in [-0.2, 0) is 4.74 Å². The molecule has 0 bridgehead atoms. The number of hydrogen-bond donors (Lipinski definition) is 1. The van der Waals surface area contributed by atoms with Gasteiger partial charge in [0.2, 0.25) is 0 Å². The molecule has 1 rings (SSSR count). The van der Waals surface area contributed by atoms with E-state index in [-0.39, 0.29) is 11.7 Å². The fraction of sp³-hybridized carbons (Fsp3) is 1.00. The van der Waals surface area contributed by atoms with E-state index in [2.05, 4.69) is 39.5 Å². The molecule has 0 aromatic heterocycles. The van der Waals surface area contributed by atoms with Crippen LogP contribution in [0.3, 0.4) is 0 Å². The van der Waals surface area contributed by atoms with Gasteiger partial charge in [0.05, 0.1) is 17.8 Å². The lowest BCUT2D eigenvalue weighted by molar-refractivity contribution is -0.131. The van der Waals surface area contributed by atoms with Crippen molar-refractivity contribution in [2.75, 3.05) is 19.6 Å². The first-order valence-corrected chi connectivity index (χ1v) is 6.77. The van der Waals surface area contributed by atoms with E-state index in [4.69, 9.17) is 4.74 Å². The van der Waals surface area contributed by atoms with Gasteiger partial charge in [-0.15, -0.1) is 0 Å². The summed E-state index contributed by atoms with van der Waals surface area (Å²) in [4.78, 5) is 2.35. The fourth-order valence-electron chi connectivity index (χ4n) is 2.82. The average molecular weight is 243 g/mol. The number of piperidine rings is 1. The Labute approximate surface area is 106 Å². The quantitative estimate of drug-likeness (QED) is 0.824. The summed E-state index contributed by atoms with van der Waals surface area (Å²) in [6.45, 7) is 15.5. The van der Waals surface area contributed by atoms with Crippen molar-refractivity contribution in [3.8, 4) is 0 Å². The van der Waals surface area contributed by atoms with Crippen molar-refractivity contribution in [3.05, 3.63) is 0 Å². The molecule has 0 unspecified atom stereocenters. The molecule has 1 heterocycles. The highest BCUT2D eigenvalue weighted by atomic mass is 16.5. The summed E-state index contributed by atoms with van der Waals surface area (Å²) in [5, 5.41) is 9.46. The van der Waals surface area contributed by atoms with E-state index in [0.29, 0.717) is 17.9 Å². The Morgan fingerprint density at radius 2 is 1.71 bits per heavy atom. The SMILES string of the molecule is C[C@@H]1CN(C[C@@H](C)O)C[C@@H](C)C1OC(C)(C)C. The Kier molecular flexibility index (Phi) is 4.99. The zero-order valence-electron chi connectivity index (χ0n) is 12.2. The Morgan fingerprint density at radius 1 is 1.24 bits per heavy atom. The zero-order valence-corrected chi connectivity index (χ0v) is 12.2. The van der Waals surface area contributed by atoms with Gasteiger partial charge in [0.15, 0.2) is 0 Å². The predicted octanol–water partition coefficient (Wildman–Crippen LogP) is 2.14. The second-order valence-corrected chi connectivity index (χ2v) is 6.72. The summed E-state index contributed by atoms with van der Waals surface area (Å²) in [5.41, 5.74) is -0.0698. The minimum Gasteiger partial charge on any atom is -0.392 e. The van der Waals surface area contributed by atoms with Gasteiger partial charge in [0.25, 0.3) is 0 Å². The van der Waals surface area contributed by atoms with E-state index < -0.39 is 0 Å². The van der Waals surface area contributed by atoms with E-state index in [1.165, 1.54) is 0 Å². The summed E-state index contributed by atoms with van der Waals surface area (Å²) in [6.07, 6.45) is 0.0923. The number of β-amino-alcohol motifs (C(OH)–C–C–N with tert-alkyl or cyclic N) is 1. The fourth-order valence-corrected chi connectivity index (χ4v) is 2.82. The molecular weight excluding hydrogens is 214 g/mol. The van der Waals surface area contributed by atoms with Crippen molar-refractivity contribution in [2.24, 2.45) is 11.8 Å². The van der Waals surface area contributed by atoms with Gasteiger partial charge in [-0.05, 0) is 39.5 Å². The highest BCUT2D eigenvalue weighted by Crippen LogP contribution is 2.28. The van der Waals surface area contributed by atoms with Crippen molar-refractivity contribution in [3.63, 3.8) is 0 Å². The third-order valence-corrected chi connectivity index (χ3v) is 3.23. The lowest BCUT2D eigenvalue weighted by Gasteiger charge is -2.44. The van der Waals surface area contributed by atoms with Crippen molar-refractivity contribution in [2.45, 2.75) is 59.4 Å². The first kappa shape index (κ1) is 14.9. The van der Waals surface area contributed by atoms with Crippen molar-refractivity contribution in [1.82, 2.24) is 4.90 Å². The Hall–Kier alpha value is -0.120. The summed E-state index contributed by atoms with van der Waals surface area (Å²) in [5.74, 6) is 1.05. The minimum atomic E-state index is -0.241. The Morgan fingerprint density at radius 3 is 2.06 bits per heavy atom. The van der Waals surface area contributed by atoms with Crippen LogP contribution in [0.2, 0.25) is 0 Å². The van der Waals surface area contributed by atoms with Gasteiger partial charge in [0, 0.05) is 19.6 Å². The van der Waals surface area contributed by atoms with Gasteiger partial charge >= 0.3 is 0 Å². The third-order valence-electron chi connectivity index (χ3n) is 3.23. The maximum atomic E-state index is 9.46. The Balaban J connectivity index is 2.56. The van der Waals surface area contributed by atoms with Gasteiger partial charge in [-0.25, -0.2) is 0 Å². The van der Waals surface area contributed by atoms with Gasteiger partial charge < -0.3 is 14.7 Å². The topological polar surface area (TPSA) is 32.7 Å². The molecular formula is C14H29NO2. The second kappa shape index (κ2) is 5.68. The molecule has 0 radical (unpaired) electrons. The van der Waals surface area contributed by atoms with Gasteiger partial charge in [-0.3, -0.25) is 0 Å².